The van der Waals surface area contributed by atoms with Crippen molar-refractivity contribution in [1.82, 2.24) is 9.78 Å². The topological polar surface area (TPSA) is 70.1 Å². The lowest BCUT2D eigenvalue weighted by Gasteiger charge is -2.13. The first-order chi connectivity index (χ1) is 9.66. The second kappa shape index (κ2) is 5.05. The average molecular weight is 275 g/mol. The third kappa shape index (κ3) is 2.18. The Labute approximate surface area is 115 Å². The predicted octanol–water partition coefficient (Wildman–Crippen LogP) is 1.57. The van der Waals surface area contributed by atoms with Gasteiger partial charge in [-0.3, -0.25) is 4.79 Å². The minimum Gasteiger partial charge on any atom is -0.373 e. The molecule has 0 radical (unpaired) electrons. The van der Waals surface area contributed by atoms with Gasteiger partial charge >= 0.3 is 0 Å². The number of para-hydroxylation sites is 1. The minimum absolute atomic E-state index is 0.353. The molecule has 1 aliphatic heterocycles. The molecule has 1 saturated heterocycles. The highest BCUT2D eigenvalue weighted by molar-refractivity contribution is 5.77. The zero-order valence-electron chi connectivity index (χ0n) is 10.7. The number of nitrogens with two attached hydrogens (primary N) is 1. The van der Waals surface area contributed by atoms with Crippen LogP contribution in [0.4, 0.5) is 4.39 Å². The molecule has 0 unspecified atom stereocenters. The Morgan fingerprint density at radius 1 is 1.45 bits per heavy atom. The standard InChI is InChI=1S/C14H14FN3O2/c15-11-3-1-2-4-12(11)18-8-9(7-17-18)13-10(14(16)19)5-6-20-13/h1-4,7-8,10,13H,5-6H2,(H2,16,19)/t10-,13+/m0/s1. The number of primary amides is 1. The molecule has 3 rings (SSSR count). The average Bonchev–Trinajstić information content (AvgIpc) is 3.07. The lowest BCUT2D eigenvalue weighted by molar-refractivity contribution is -0.123. The molecule has 0 saturated carbocycles. The van der Waals surface area contributed by atoms with Crippen molar-refractivity contribution in [2.24, 2.45) is 11.7 Å². The van der Waals surface area contributed by atoms with Gasteiger partial charge in [0.05, 0.1) is 18.2 Å². The second-order valence-electron chi connectivity index (χ2n) is 4.76. The van der Waals surface area contributed by atoms with Gasteiger partial charge in [-0.25, -0.2) is 9.07 Å². The van der Waals surface area contributed by atoms with E-state index in [9.17, 15) is 9.18 Å². The van der Waals surface area contributed by atoms with Gasteiger partial charge in [-0.05, 0) is 18.6 Å². The summed E-state index contributed by atoms with van der Waals surface area (Å²) in [5.74, 6) is -1.10. The van der Waals surface area contributed by atoms with Gasteiger partial charge in [0.2, 0.25) is 5.91 Å². The smallest absolute Gasteiger partial charge is 0.223 e. The van der Waals surface area contributed by atoms with Gasteiger partial charge in [-0.15, -0.1) is 0 Å². The number of aromatic nitrogens is 2. The van der Waals surface area contributed by atoms with Crippen LogP contribution in [0.5, 0.6) is 0 Å². The summed E-state index contributed by atoms with van der Waals surface area (Å²) in [5, 5.41) is 4.13. The Morgan fingerprint density at radius 2 is 2.25 bits per heavy atom. The van der Waals surface area contributed by atoms with Crippen molar-refractivity contribution >= 4 is 5.91 Å². The third-order valence-electron chi connectivity index (χ3n) is 3.49. The first-order valence-corrected chi connectivity index (χ1v) is 6.37. The molecule has 1 fully saturated rings. The van der Waals surface area contributed by atoms with E-state index in [1.807, 2.05) is 0 Å². The summed E-state index contributed by atoms with van der Waals surface area (Å²) in [4.78, 5) is 11.4. The molecule has 1 aromatic heterocycles. The van der Waals surface area contributed by atoms with Crippen molar-refractivity contribution in [2.75, 3.05) is 6.61 Å². The molecule has 1 aliphatic rings. The Bertz CT molecular complexity index is 641. The highest BCUT2D eigenvalue weighted by Crippen LogP contribution is 2.34. The van der Waals surface area contributed by atoms with E-state index in [1.54, 1.807) is 30.6 Å². The first-order valence-electron chi connectivity index (χ1n) is 6.37. The molecule has 20 heavy (non-hydrogen) atoms. The normalized spacial score (nSPS) is 22.1. The van der Waals surface area contributed by atoms with Crippen molar-refractivity contribution in [3.05, 3.63) is 48.0 Å². The molecule has 2 heterocycles. The number of carbonyl (C=O) groups is 1. The molecule has 104 valence electrons. The number of hydrogen-bond donors (Lipinski definition) is 1. The number of amides is 1. The van der Waals surface area contributed by atoms with E-state index < -0.39 is 6.10 Å². The fourth-order valence-corrected chi connectivity index (χ4v) is 2.46. The molecule has 5 nitrogen and oxygen atoms in total. The predicted molar refractivity (Wildman–Crippen MR) is 69.5 cm³/mol. The number of carbonyl (C=O) groups excluding carboxylic acids is 1. The maximum Gasteiger partial charge on any atom is 0.223 e. The molecule has 2 aromatic rings. The Balaban J connectivity index is 1.91. The van der Waals surface area contributed by atoms with Gasteiger partial charge in [0.15, 0.2) is 0 Å². The zero-order chi connectivity index (χ0) is 14.1. The number of ether oxygens (including phenoxy) is 1. The van der Waals surface area contributed by atoms with Crippen LogP contribution in [0, 0.1) is 11.7 Å². The summed E-state index contributed by atoms with van der Waals surface area (Å²) in [7, 11) is 0. The fraction of sp³-hybridized carbons (Fsp3) is 0.286. The number of halogens is 1. The summed E-state index contributed by atoms with van der Waals surface area (Å²) >= 11 is 0. The number of nitrogens with zero attached hydrogens (tertiary/aromatic N) is 2. The summed E-state index contributed by atoms with van der Waals surface area (Å²) in [6, 6.07) is 6.35. The quantitative estimate of drug-likeness (QED) is 0.924. The van der Waals surface area contributed by atoms with Crippen molar-refractivity contribution in [1.29, 1.82) is 0 Å². The van der Waals surface area contributed by atoms with E-state index in [2.05, 4.69) is 5.10 Å². The maximum atomic E-state index is 13.7. The Hall–Kier alpha value is -2.21. The van der Waals surface area contributed by atoms with Crippen LogP contribution in [0.2, 0.25) is 0 Å². The van der Waals surface area contributed by atoms with Crippen LogP contribution in [0.15, 0.2) is 36.7 Å². The van der Waals surface area contributed by atoms with Crippen molar-refractivity contribution in [3.8, 4) is 5.69 Å². The highest BCUT2D eigenvalue weighted by Gasteiger charge is 2.34. The van der Waals surface area contributed by atoms with Gasteiger partial charge < -0.3 is 10.5 Å². The van der Waals surface area contributed by atoms with Gasteiger partial charge in [-0.2, -0.15) is 5.10 Å². The maximum absolute atomic E-state index is 13.7. The zero-order valence-corrected chi connectivity index (χ0v) is 10.7. The molecule has 1 amide bonds. The van der Waals surface area contributed by atoms with Crippen molar-refractivity contribution in [3.63, 3.8) is 0 Å². The SMILES string of the molecule is NC(=O)[C@H]1CCO[C@@H]1c1cnn(-c2ccccc2F)c1. The number of hydrogen-bond acceptors (Lipinski definition) is 3. The lowest BCUT2D eigenvalue weighted by Crippen LogP contribution is -2.25. The first kappa shape index (κ1) is 12.8. The van der Waals surface area contributed by atoms with Gasteiger partial charge in [0, 0.05) is 18.4 Å². The van der Waals surface area contributed by atoms with Gasteiger partial charge in [-0.1, -0.05) is 12.1 Å². The molecular weight excluding hydrogens is 261 g/mol. The second-order valence-corrected chi connectivity index (χ2v) is 4.76. The minimum atomic E-state index is -0.395. The van der Waals surface area contributed by atoms with E-state index in [0.29, 0.717) is 18.7 Å². The van der Waals surface area contributed by atoms with Crippen LogP contribution in [-0.4, -0.2) is 22.3 Å². The van der Waals surface area contributed by atoms with E-state index in [4.69, 9.17) is 10.5 Å². The van der Waals surface area contributed by atoms with Crippen LogP contribution in [-0.2, 0) is 9.53 Å². The van der Waals surface area contributed by atoms with Crippen LogP contribution >= 0.6 is 0 Å². The van der Waals surface area contributed by atoms with Crippen molar-refractivity contribution < 1.29 is 13.9 Å². The number of rotatable bonds is 3. The molecule has 0 spiro atoms. The fourth-order valence-electron chi connectivity index (χ4n) is 2.46. The molecular formula is C14H14FN3O2. The monoisotopic (exact) mass is 275 g/mol. The molecule has 2 N–H and O–H groups in total. The highest BCUT2D eigenvalue weighted by atomic mass is 19.1. The van der Waals surface area contributed by atoms with E-state index in [1.165, 1.54) is 10.7 Å². The third-order valence-corrected chi connectivity index (χ3v) is 3.49. The van der Waals surface area contributed by atoms with Gasteiger partial charge in [0.1, 0.15) is 11.5 Å². The largest absolute Gasteiger partial charge is 0.373 e. The molecule has 0 aliphatic carbocycles. The van der Waals surface area contributed by atoms with Crippen LogP contribution in [0.1, 0.15) is 18.1 Å². The van der Waals surface area contributed by atoms with Crippen LogP contribution < -0.4 is 5.73 Å². The number of benzene rings is 1. The van der Waals surface area contributed by atoms with E-state index in [0.717, 1.165) is 5.56 Å². The van der Waals surface area contributed by atoms with E-state index in [-0.39, 0.29) is 17.6 Å². The van der Waals surface area contributed by atoms with Crippen LogP contribution in [0.3, 0.4) is 0 Å². The Kier molecular flexibility index (Phi) is 3.23. The summed E-state index contributed by atoms with van der Waals surface area (Å²) in [5.41, 5.74) is 6.45. The summed E-state index contributed by atoms with van der Waals surface area (Å²) in [6.45, 7) is 0.489. The van der Waals surface area contributed by atoms with Crippen LogP contribution in [0.25, 0.3) is 5.69 Å². The van der Waals surface area contributed by atoms with Crippen molar-refractivity contribution in [2.45, 2.75) is 12.5 Å². The molecule has 0 bridgehead atoms. The molecule has 6 heteroatoms. The lowest BCUT2D eigenvalue weighted by atomic mass is 9.97. The summed E-state index contributed by atoms with van der Waals surface area (Å²) in [6.07, 6.45) is 3.46. The van der Waals surface area contributed by atoms with E-state index >= 15 is 0 Å². The Morgan fingerprint density at radius 3 is 3.00 bits per heavy atom. The van der Waals surface area contributed by atoms with Gasteiger partial charge in [0.25, 0.3) is 0 Å². The molecule has 1 aromatic carbocycles. The molecule has 2 atom stereocenters. The summed E-state index contributed by atoms with van der Waals surface area (Å²) < 4.78 is 20.7.